The zero-order valence-electron chi connectivity index (χ0n) is 34.9. The molecule has 0 amide bonds. The van der Waals surface area contributed by atoms with Crippen molar-refractivity contribution < 1.29 is 33.6 Å². The fraction of sp³-hybridized carbons (Fsp3) is 0.447. The lowest BCUT2D eigenvalue weighted by Crippen LogP contribution is -2.12. The molecule has 0 aliphatic heterocycles. The minimum atomic E-state index is -0.773. The molecule has 0 atom stereocenters. The molecule has 0 saturated heterocycles. The molecule has 0 aliphatic rings. The predicted molar refractivity (Wildman–Crippen MR) is 228 cm³/mol. The summed E-state index contributed by atoms with van der Waals surface area (Å²) >= 11 is 0. The third kappa shape index (κ3) is 12.2. The van der Waals surface area contributed by atoms with Crippen LogP contribution in [0.3, 0.4) is 0 Å². The summed E-state index contributed by atoms with van der Waals surface area (Å²) in [6.45, 7) is 11.5. The second-order valence-corrected chi connectivity index (χ2v) is 15.0. The van der Waals surface area contributed by atoms with Gasteiger partial charge >= 0.3 is 23.3 Å². The molecule has 0 radical (unpaired) electrons. The van der Waals surface area contributed by atoms with Crippen molar-refractivity contribution >= 4 is 23.3 Å². The molecule has 0 heterocycles. The van der Waals surface area contributed by atoms with Crippen LogP contribution in [-0.4, -0.2) is 28.4 Å². The van der Waals surface area contributed by atoms with E-state index in [9.17, 15) is 29.8 Å². The second kappa shape index (κ2) is 22.4. The number of hydrogen-bond donors (Lipinski definition) is 0. The number of hydrogen-bond acceptors (Lipinski definition) is 9. The lowest BCUT2D eigenvalue weighted by Gasteiger charge is -2.19. The van der Waals surface area contributed by atoms with Crippen LogP contribution in [0.2, 0.25) is 0 Å². The van der Waals surface area contributed by atoms with Gasteiger partial charge in [0.25, 0.3) is 0 Å². The number of aryl methyl sites for hydroxylation is 2. The van der Waals surface area contributed by atoms with Crippen molar-refractivity contribution in [2.24, 2.45) is 0 Å². The SMILES string of the molecule is CCCCCCCCCC(=O)Oc1cc(C)c(-c2c(C)cc(OC(=O)c3ccc(-c4ccc(OCCCCCCCC)cc4)cc3)c([N+](=O)[O-])c2C)c(C)c1[N+](=O)[O-]. The Kier molecular flexibility index (Phi) is 17.4. The van der Waals surface area contributed by atoms with Gasteiger partial charge in [0, 0.05) is 17.5 Å². The van der Waals surface area contributed by atoms with Crippen LogP contribution in [0.5, 0.6) is 17.2 Å². The zero-order valence-corrected chi connectivity index (χ0v) is 34.9. The molecule has 11 nitrogen and oxygen atoms in total. The lowest BCUT2D eigenvalue weighted by atomic mass is 9.87. The summed E-state index contributed by atoms with van der Waals surface area (Å²) < 4.78 is 17.1. The van der Waals surface area contributed by atoms with E-state index in [1.54, 1.807) is 38.1 Å². The first-order valence-corrected chi connectivity index (χ1v) is 20.7. The van der Waals surface area contributed by atoms with E-state index in [0.29, 0.717) is 35.3 Å². The Balaban J connectivity index is 1.50. The molecule has 4 aromatic carbocycles. The quantitative estimate of drug-likeness (QED) is 0.0235. The van der Waals surface area contributed by atoms with Gasteiger partial charge in [-0.05, 0) is 110 Å². The van der Waals surface area contributed by atoms with E-state index in [1.165, 1.54) is 58.1 Å². The van der Waals surface area contributed by atoms with Crippen molar-refractivity contribution in [3.63, 3.8) is 0 Å². The molecule has 11 heteroatoms. The molecule has 0 N–H and O–H groups in total. The molecule has 4 rings (SSSR count). The predicted octanol–water partition coefficient (Wildman–Crippen LogP) is 13.1. The third-order valence-corrected chi connectivity index (χ3v) is 10.5. The number of carbonyl (C=O) groups is 2. The van der Waals surface area contributed by atoms with E-state index < -0.39 is 27.5 Å². The van der Waals surface area contributed by atoms with E-state index in [2.05, 4.69) is 13.8 Å². The van der Waals surface area contributed by atoms with Crippen molar-refractivity contribution in [2.45, 2.75) is 131 Å². The average molecular weight is 795 g/mol. The first kappa shape index (κ1) is 45.1. The molecular weight excluding hydrogens is 737 g/mol. The lowest BCUT2D eigenvalue weighted by molar-refractivity contribution is -0.386. The molecule has 4 aromatic rings. The zero-order chi connectivity index (χ0) is 42.2. The van der Waals surface area contributed by atoms with Gasteiger partial charge in [-0.15, -0.1) is 0 Å². The highest BCUT2D eigenvalue weighted by Gasteiger charge is 2.31. The summed E-state index contributed by atoms with van der Waals surface area (Å²) in [7, 11) is 0. The number of nitro benzene ring substituents is 2. The van der Waals surface area contributed by atoms with Crippen molar-refractivity contribution in [2.75, 3.05) is 6.61 Å². The molecule has 0 fully saturated rings. The average Bonchev–Trinajstić information content (AvgIpc) is 3.18. The number of nitrogens with zero attached hydrogens (tertiary/aromatic N) is 2. The van der Waals surface area contributed by atoms with Crippen molar-refractivity contribution in [1.82, 2.24) is 0 Å². The number of ether oxygens (including phenoxy) is 3. The number of nitro groups is 2. The molecule has 0 bridgehead atoms. The van der Waals surface area contributed by atoms with Crippen LogP contribution in [0.4, 0.5) is 11.4 Å². The summed E-state index contributed by atoms with van der Waals surface area (Å²) in [6, 6.07) is 17.4. The molecule has 0 aromatic heterocycles. The summed E-state index contributed by atoms with van der Waals surface area (Å²) in [5, 5.41) is 24.9. The van der Waals surface area contributed by atoms with Crippen LogP contribution in [0.1, 0.15) is 136 Å². The van der Waals surface area contributed by atoms with Gasteiger partial charge in [0.1, 0.15) is 5.75 Å². The van der Waals surface area contributed by atoms with Crippen molar-refractivity contribution in [1.29, 1.82) is 0 Å². The van der Waals surface area contributed by atoms with Gasteiger partial charge < -0.3 is 14.2 Å². The maximum absolute atomic E-state index is 13.4. The first-order valence-electron chi connectivity index (χ1n) is 20.7. The van der Waals surface area contributed by atoms with Gasteiger partial charge in [0.15, 0.2) is 0 Å². The third-order valence-electron chi connectivity index (χ3n) is 10.5. The molecule has 310 valence electrons. The highest BCUT2D eigenvalue weighted by molar-refractivity contribution is 5.93. The molecule has 0 spiro atoms. The number of carbonyl (C=O) groups excluding carboxylic acids is 2. The summed E-state index contributed by atoms with van der Waals surface area (Å²) in [5.41, 5.74) is 3.40. The molecule has 0 unspecified atom stereocenters. The van der Waals surface area contributed by atoms with E-state index in [4.69, 9.17) is 14.2 Å². The van der Waals surface area contributed by atoms with Crippen LogP contribution >= 0.6 is 0 Å². The van der Waals surface area contributed by atoms with Gasteiger partial charge in [-0.25, -0.2) is 4.79 Å². The molecular formula is C47H58N2O9. The normalized spacial score (nSPS) is 11.0. The van der Waals surface area contributed by atoms with Gasteiger partial charge in [-0.2, -0.15) is 0 Å². The Labute approximate surface area is 342 Å². The fourth-order valence-electron chi connectivity index (χ4n) is 7.42. The van der Waals surface area contributed by atoms with E-state index in [-0.39, 0.29) is 40.3 Å². The largest absolute Gasteiger partial charge is 0.494 e. The summed E-state index contributed by atoms with van der Waals surface area (Å²) in [5.74, 6) is -0.931. The van der Waals surface area contributed by atoms with Crippen LogP contribution < -0.4 is 14.2 Å². The van der Waals surface area contributed by atoms with Crippen LogP contribution in [-0.2, 0) is 4.79 Å². The Hall–Kier alpha value is -5.58. The van der Waals surface area contributed by atoms with Crippen LogP contribution in [0.25, 0.3) is 22.3 Å². The second-order valence-electron chi connectivity index (χ2n) is 15.0. The van der Waals surface area contributed by atoms with Crippen molar-refractivity contribution in [3.05, 3.63) is 109 Å². The highest BCUT2D eigenvalue weighted by Crippen LogP contribution is 2.46. The Morgan fingerprint density at radius 2 is 1.00 bits per heavy atom. The van der Waals surface area contributed by atoms with Gasteiger partial charge in [0.05, 0.1) is 22.0 Å². The monoisotopic (exact) mass is 794 g/mol. The number of benzene rings is 4. The van der Waals surface area contributed by atoms with E-state index in [0.717, 1.165) is 61.8 Å². The molecule has 58 heavy (non-hydrogen) atoms. The number of esters is 2. The molecule has 0 aliphatic carbocycles. The highest BCUT2D eigenvalue weighted by atomic mass is 16.6. The van der Waals surface area contributed by atoms with Gasteiger partial charge in [-0.3, -0.25) is 25.0 Å². The summed E-state index contributed by atoms with van der Waals surface area (Å²) in [6.07, 6.45) is 14.4. The maximum Gasteiger partial charge on any atom is 0.343 e. The van der Waals surface area contributed by atoms with Crippen LogP contribution in [0, 0.1) is 47.9 Å². The smallest absolute Gasteiger partial charge is 0.343 e. The van der Waals surface area contributed by atoms with Crippen LogP contribution in [0.15, 0.2) is 60.7 Å². The standard InChI is InChI=1S/C47H58N2O9/c1-7-9-11-13-15-16-18-20-42(50)57-40-30-32(3)43(34(5)45(40)48(52)53)44-33(4)31-41(46(35(44)6)49(54)55)58-47(51)38-23-21-36(22-24-38)37-25-27-39(28-26-37)56-29-19-17-14-12-10-8-2/h21-28,30-31H,7-20,29H2,1-6H3. The van der Waals surface area contributed by atoms with E-state index >= 15 is 0 Å². The first-order chi connectivity index (χ1) is 27.9. The Morgan fingerprint density at radius 1 is 0.569 bits per heavy atom. The molecule has 0 saturated carbocycles. The topological polar surface area (TPSA) is 148 Å². The van der Waals surface area contributed by atoms with Gasteiger partial charge in [0.2, 0.25) is 11.5 Å². The minimum Gasteiger partial charge on any atom is -0.494 e. The minimum absolute atomic E-state index is 0.141. The number of rotatable bonds is 23. The van der Waals surface area contributed by atoms with Crippen molar-refractivity contribution in [3.8, 4) is 39.5 Å². The maximum atomic E-state index is 13.4. The fourth-order valence-corrected chi connectivity index (χ4v) is 7.42. The number of unbranched alkanes of at least 4 members (excludes halogenated alkanes) is 11. The Bertz CT molecular complexity index is 2040. The Morgan fingerprint density at radius 3 is 1.48 bits per heavy atom. The van der Waals surface area contributed by atoms with Gasteiger partial charge in [-0.1, -0.05) is 109 Å². The summed E-state index contributed by atoms with van der Waals surface area (Å²) in [4.78, 5) is 49.8. The van der Waals surface area contributed by atoms with E-state index in [1.807, 2.05) is 24.3 Å².